The maximum absolute atomic E-state index is 10.5. The molecule has 0 saturated carbocycles. The number of benzene rings is 1. The van der Waals surface area contributed by atoms with Crippen LogP contribution in [0.15, 0.2) is 24.3 Å². The van der Waals surface area contributed by atoms with Crippen LogP contribution in [-0.4, -0.2) is 62.7 Å². The normalized spacial score (nSPS) is 32.7. The molecule has 1 saturated heterocycles. The van der Waals surface area contributed by atoms with Gasteiger partial charge in [-0.1, -0.05) is 0 Å². The van der Waals surface area contributed by atoms with Crippen LogP contribution in [0, 0.1) is 10.1 Å². The molecular weight excluding hydrogens is 286 g/mol. The zero-order valence-corrected chi connectivity index (χ0v) is 10.8. The number of aliphatic hydroxyl groups excluding tert-OH is 4. The maximum atomic E-state index is 10.5. The molecule has 1 aromatic carbocycles. The minimum absolute atomic E-state index is 0.129. The fourth-order valence-electron chi connectivity index (χ4n) is 1.95. The van der Waals surface area contributed by atoms with E-state index in [9.17, 15) is 25.4 Å². The van der Waals surface area contributed by atoms with Crippen LogP contribution in [0.3, 0.4) is 0 Å². The lowest BCUT2D eigenvalue weighted by atomic mass is 9.99. The molecule has 2 unspecified atom stereocenters. The van der Waals surface area contributed by atoms with Crippen molar-refractivity contribution in [3.05, 3.63) is 34.4 Å². The van der Waals surface area contributed by atoms with Crippen molar-refractivity contribution in [2.75, 3.05) is 6.61 Å². The van der Waals surface area contributed by atoms with E-state index in [1.54, 1.807) is 0 Å². The Bertz CT molecular complexity index is 491. The number of nitro groups is 1. The molecule has 4 N–H and O–H groups in total. The Morgan fingerprint density at radius 1 is 1.14 bits per heavy atom. The van der Waals surface area contributed by atoms with Gasteiger partial charge in [-0.15, -0.1) is 0 Å². The molecule has 0 spiro atoms. The number of nitrogens with zero attached hydrogens (tertiary/aromatic N) is 1. The molecule has 0 amide bonds. The van der Waals surface area contributed by atoms with Crippen LogP contribution in [0.2, 0.25) is 0 Å². The number of aliphatic hydroxyl groups is 4. The highest BCUT2D eigenvalue weighted by Crippen LogP contribution is 2.25. The van der Waals surface area contributed by atoms with Gasteiger partial charge in [-0.05, 0) is 12.1 Å². The second-order valence-electron chi connectivity index (χ2n) is 4.57. The molecule has 1 aliphatic heterocycles. The maximum Gasteiger partial charge on any atom is 0.269 e. The minimum atomic E-state index is -1.54. The van der Waals surface area contributed by atoms with Gasteiger partial charge in [-0.2, -0.15) is 0 Å². The second-order valence-corrected chi connectivity index (χ2v) is 4.57. The lowest BCUT2D eigenvalue weighted by Crippen LogP contribution is -2.60. The van der Waals surface area contributed by atoms with E-state index in [-0.39, 0.29) is 11.4 Å². The van der Waals surface area contributed by atoms with Crippen LogP contribution in [0.4, 0.5) is 5.69 Å². The van der Waals surface area contributed by atoms with Crippen LogP contribution in [0.25, 0.3) is 0 Å². The summed E-state index contributed by atoms with van der Waals surface area (Å²) in [5.74, 6) is 0.171. The first-order chi connectivity index (χ1) is 9.93. The Hall–Kier alpha value is -1.78. The van der Waals surface area contributed by atoms with Gasteiger partial charge in [0.2, 0.25) is 6.29 Å². The Morgan fingerprint density at radius 2 is 1.76 bits per heavy atom. The summed E-state index contributed by atoms with van der Waals surface area (Å²) in [4.78, 5) is 9.95. The Balaban J connectivity index is 2.08. The molecule has 9 nitrogen and oxygen atoms in total. The summed E-state index contributed by atoms with van der Waals surface area (Å²) in [6.45, 7) is -0.564. The van der Waals surface area contributed by atoms with Gasteiger partial charge in [0.25, 0.3) is 5.69 Å². The standard InChI is InChI=1S/C12H15NO8/c14-5-8-9(15)10(16)11(17)12(21-8)20-7-3-1-6(2-4-7)13(18)19/h1-4,8-12,14-17H,5H2/t8?,9-,10-,11?,12-/m1/s1. The van der Waals surface area contributed by atoms with E-state index in [1.165, 1.54) is 24.3 Å². The molecule has 1 aliphatic rings. The smallest absolute Gasteiger partial charge is 0.269 e. The Kier molecular flexibility index (Phi) is 4.70. The topological polar surface area (TPSA) is 143 Å². The Labute approximate surface area is 119 Å². The highest BCUT2D eigenvalue weighted by molar-refractivity contribution is 5.36. The fraction of sp³-hybridized carbons (Fsp3) is 0.500. The summed E-state index contributed by atoms with van der Waals surface area (Å²) in [5, 5.41) is 48.6. The third-order valence-electron chi connectivity index (χ3n) is 3.15. The first kappa shape index (κ1) is 15.6. The molecule has 0 bridgehead atoms. The molecule has 1 fully saturated rings. The summed E-state index contributed by atoms with van der Waals surface area (Å²) in [7, 11) is 0. The third-order valence-corrected chi connectivity index (χ3v) is 3.15. The number of hydrogen-bond donors (Lipinski definition) is 4. The molecule has 116 valence electrons. The summed E-state index contributed by atoms with van der Waals surface area (Å²) in [5.41, 5.74) is -0.129. The van der Waals surface area contributed by atoms with Crippen molar-refractivity contribution in [1.29, 1.82) is 0 Å². The van der Waals surface area contributed by atoms with E-state index >= 15 is 0 Å². The van der Waals surface area contributed by atoms with Crippen molar-refractivity contribution in [3.8, 4) is 5.75 Å². The predicted octanol–water partition coefficient (Wildman–Crippen LogP) is -1.23. The van der Waals surface area contributed by atoms with E-state index in [4.69, 9.17) is 14.6 Å². The molecule has 21 heavy (non-hydrogen) atoms. The lowest BCUT2D eigenvalue weighted by Gasteiger charge is -2.39. The Morgan fingerprint density at radius 3 is 2.29 bits per heavy atom. The molecular formula is C12H15NO8. The zero-order valence-electron chi connectivity index (χ0n) is 10.8. The van der Waals surface area contributed by atoms with E-state index in [1.807, 2.05) is 0 Å². The van der Waals surface area contributed by atoms with E-state index in [0.717, 1.165) is 0 Å². The predicted molar refractivity (Wildman–Crippen MR) is 67.5 cm³/mol. The van der Waals surface area contributed by atoms with Crippen molar-refractivity contribution in [3.63, 3.8) is 0 Å². The van der Waals surface area contributed by atoms with Gasteiger partial charge >= 0.3 is 0 Å². The first-order valence-corrected chi connectivity index (χ1v) is 6.15. The van der Waals surface area contributed by atoms with E-state index in [0.29, 0.717) is 0 Å². The fourth-order valence-corrected chi connectivity index (χ4v) is 1.95. The second kappa shape index (κ2) is 6.33. The number of ether oxygens (including phenoxy) is 2. The van der Waals surface area contributed by atoms with Gasteiger partial charge in [0, 0.05) is 12.1 Å². The molecule has 9 heteroatoms. The molecule has 0 aliphatic carbocycles. The molecule has 1 aromatic rings. The molecule has 1 heterocycles. The van der Waals surface area contributed by atoms with Crippen molar-refractivity contribution >= 4 is 5.69 Å². The quantitative estimate of drug-likeness (QED) is 0.400. The monoisotopic (exact) mass is 301 g/mol. The molecule has 0 aromatic heterocycles. The highest BCUT2D eigenvalue weighted by Gasteiger charge is 2.44. The van der Waals surface area contributed by atoms with Crippen LogP contribution >= 0.6 is 0 Å². The van der Waals surface area contributed by atoms with Crippen LogP contribution in [0.1, 0.15) is 0 Å². The molecule has 0 radical (unpaired) electrons. The van der Waals surface area contributed by atoms with Crippen molar-refractivity contribution in [1.82, 2.24) is 0 Å². The molecule has 5 atom stereocenters. The number of non-ortho nitro benzene ring substituents is 1. The summed E-state index contributed by atoms with van der Waals surface area (Å²) >= 11 is 0. The van der Waals surface area contributed by atoms with E-state index < -0.39 is 42.2 Å². The summed E-state index contributed by atoms with van der Waals surface area (Å²) in [6, 6.07) is 5.03. The molecule has 2 rings (SSSR count). The largest absolute Gasteiger partial charge is 0.462 e. The number of hydrogen-bond acceptors (Lipinski definition) is 8. The van der Waals surface area contributed by atoms with Gasteiger partial charge in [0.15, 0.2) is 0 Å². The number of nitro benzene ring substituents is 1. The van der Waals surface area contributed by atoms with Gasteiger partial charge in [0.05, 0.1) is 11.5 Å². The lowest BCUT2D eigenvalue weighted by molar-refractivity contribution is -0.384. The van der Waals surface area contributed by atoms with Crippen LogP contribution < -0.4 is 4.74 Å². The zero-order chi connectivity index (χ0) is 15.6. The first-order valence-electron chi connectivity index (χ1n) is 6.15. The summed E-state index contributed by atoms with van der Waals surface area (Å²) in [6.07, 6.45) is -6.94. The van der Waals surface area contributed by atoms with Gasteiger partial charge in [-0.25, -0.2) is 0 Å². The summed E-state index contributed by atoms with van der Waals surface area (Å²) < 4.78 is 10.4. The van der Waals surface area contributed by atoms with Crippen LogP contribution in [0.5, 0.6) is 5.75 Å². The van der Waals surface area contributed by atoms with E-state index in [2.05, 4.69) is 0 Å². The van der Waals surface area contributed by atoms with Crippen molar-refractivity contribution in [2.45, 2.75) is 30.7 Å². The van der Waals surface area contributed by atoms with Gasteiger partial charge in [-0.3, -0.25) is 10.1 Å². The number of rotatable bonds is 4. The van der Waals surface area contributed by atoms with Crippen molar-refractivity contribution in [2.24, 2.45) is 0 Å². The van der Waals surface area contributed by atoms with Crippen molar-refractivity contribution < 1.29 is 34.8 Å². The highest BCUT2D eigenvalue weighted by atomic mass is 16.7. The van der Waals surface area contributed by atoms with Gasteiger partial charge in [0.1, 0.15) is 30.2 Å². The van der Waals surface area contributed by atoms with Crippen LogP contribution in [-0.2, 0) is 4.74 Å². The average molecular weight is 301 g/mol. The third kappa shape index (κ3) is 3.28. The SMILES string of the molecule is O=[N+]([O-])c1ccc(O[C@@H]2OC(CO)[C@@H](O)[C@@H](O)C2O)cc1. The average Bonchev–Trinajstić information content (AvgIpc) is 2.48. The minimum Gasteiger partial charge on any atom is -0.462 e. The van der Waals surface area contributed by atoms with Gasteiger partial charge < -0.3 is 29.9 Å².